The molecule has 0 aliphatic heterocycles. The Hall–Kier alpha value is -0.670. The van der Waals surface area contributed by atoms with Gasteiger partial charge in [0.2, 0.25) is 0 Å². The monoisotopic (exact) mass is 267 g/mol. The number of hydrogen-bond acceptors (Lipinski definition) is 3. The van der Waals surface area contributed by atoms with E-state index in [1.54, 1.807) is 0 Å². The predicted octanol–water partition coefficient (Wildman–Crippen LogP) is 3.49. The van der Waals surface area contributed by atoms with Gasteiger partial charge in [-0.05, 0) is 55.4 Å². The molecule has 0 radical (unpaired) electrons. The quantitative estimate of drug-likeness (QED) is 0.696. The highest BCUT2D eigenvalue weighted by Crippen LogP contribution is 2.14. The van der Waals surface area contributed by atoms with Crippen molar-refractivity contribution in [2.24, 2.45) is 5.73 Å². The summed E-state index contributed by atoms with van der Waals surface area (Å²) in [5.74, 6) is 3.35. The number of nitrogens with two attached hydrogens (primary N) is 1. The van der Waals surface area contributed by atoms with Crippen LogP contribution in [-0.2, 0) is 6.42 Å². The molecule has 102 valence electrons. The van der Waals surface area contributed by atoms with Crippen molar-refractivity contribution in [3.63, 3.8) is 0 Å². The lowest BCUT2D eigenvalue weighted by Gasteiger charge is -2.08. The van der Waals surface area contributed by atoms with Crippen LogP contribution in [0.2, 0.25) is 0 Å². The molecule has 2 N–H and O–H groups in total. The van der Waals surface area contributed by atoms with Gasteiger partial charge in [0.25, 0.3) is 0 Å². The number of ether oxygens (including phenoxy) is 1. The van der Waals surface area contributed by atoms with Crippen LogP contribution in [0.3, 0.4) is 0 Å². The average molecular weight is 267 g/mol. The van der Waals surface area contributed by atoms with E-state index in [-0.39, 0.29) is 6.04 Å². The van der Waals surface area contributed by atoms with Crippen LogP contribution in [0.25, 0.3) is 0 Å². The highest BCUT2D eigenvalue weighted by atomic mass is 32.2. The lowest BCUT2D eigenvalue weighted by atomic mass is 10.1. The Bertz CT molecular complexity index is 311. The largest absolute Gasteiger partial charge is 0.494 e. The maximum Gasteiger partial charge on any atom is 0.119 e. The zero-order valence-electron chi connectivity index (χ0n) is 11.5. The molecule has 0 bridgehead atoms. The van der Waals surface area contributed by atoms with Gasteiger partial charge in [0.1, 0.15) is 5.75 Å². The molecule has 1 rings (SSSR count). The SMILES string of the molecule is CCSCCCOc1ccc(CCC(C)N)cc1. The molecule has 0 amide bonds. The Balaban J connectivity index is 2.23. The number of hydrogen-bond donors (Lipinski definition) is 1. The third kappa shape index (κ3) is 6.92. The Kier molecular flexibility index (Phi) is 7.94. The van der Waals surface area contributed by atoms with Gasteiger partial charge in [0.15, 0.2) is 0 Å². The smallest absolute Gasteiger partial charge is 0.119 e. The Morgan fingerprint density at radius 3 is 2.61 bits per heavy atom. The third-order valence-corrected chi connectivity index (χ3v) is 3.70. The first kappa shape index (κ1) is 15.4. The van der Waals surface area contributed by atoms with Gasteiger partial charge in [-0.3, -0.25) is 0 Å². The molecule has 0 heterocycles. The lowest BCUT2D eigenvalue weighted by Crippen LogP contribution is -2.15. The van der Waals surface area contributed by atoms with Crippen LogP contribution in [0.4, 0.5) is 0 Å². The maximum absolute atomic E-state index is 5.75. The van der Waals surface area contributed by atoms with E-state index in [4.69, 9.17) is 10.5 Å². The van der Waals surface area contributed by atoms with E-state index in [0.717, 1.165) is 31.6 Å². The topological polar surface area (TPSA) is 35.2 Å². The Labute approximate surface area is 115 Å². The summed E-state index contributed by atoms with van der Waals surface area (Å²) in [6, 6.07) is 8.67. The van der Waals surface area contributed by atoms with Crippen LogP contribution < -0.4 is 10.5 Å². The Morgan fingerprint density at radius 1 is 1.28 bits per heavy atom. The summed E-state index contributed by atoms with van der Waals surface area (Å²) in [6.45, 7) is 5.05. The van der Waals surface area contributed by atoms with Crippen LogP contribution in [-0.4, -0.2) is 24.2 Å². The summed E-state index contributed by atoms with van der Waals surface area (Å²) in [5.41, 5.74) is 7.08. The second kappa shape index (κ2) is 9.29. The minimum absolute atomic E-state index is 0.275. The summed E-state index contributed by atoms with van der Waals surface area (Å²) in [4.78, 5) is 0. The molecule has 0 saturated carbocycles. The van der Waals surface area contributed by atoms with Crippen molar-refractivity contribution in [3.05, 3.63) is 29.8 Å². The van der Waals surface area contributed by atoms with E-state index in [9.17, 15) is 0 Å². The molecular formula is C15H25NOS. The molecule has 0 aromatic heterocycles. The fourth-order valence-electron chi connectivity index (χ4n) is 1.64. The van der Waals surface area contributed by atoms with Crippen LogP contribution >= 0.6 is 11.8 Å². The van der Waals surface area contributed by atoms with Gasteiger partial charge in [-0.25, -0.2) is 0 Å². The summed E-state index contributed by atoms with van der Waals surface area (Å²) in [7, 11) is 0. The molecule has 3 heteroatoms. The van der Waals surface area contributed by atoms with Gasteiger partial charge in [0, 0.05) is 6.04 Å². The van der Waals surface area contributed by atoms with E-state index in [2.05, 4.69) is 31.2 Å². The molecular weight excluding hydrogens is 242 g/mol. The van der Waals surface area contributed by atoms with Crippen LogP contribution in [0.1, 0.15) is 32.3 Å². The third-order valence-electron chi connectivity index (χ3n) is 2.72. The summed E-state index contributed by atoms with van der Waals surface area (Å²) < 4.78 is 5.70. The zero-order valence-corrected chi connectivity index (χ0v) is 12.3. The lowest BCUT2D eigenvalue weighted by molar-refractivity contribution is 0.318. The molecule has 2 nitrogen and oxygen atoms in total. The van der Waals surface area contributed by atoms with Crippen molar-refractivity contribution in [2.45, 2.75) is 39.2 Å². The van der Waals surface area contributed by atoms with Crippen molar-refractivity contribution >= 4 is 11.8 Å². The number of rotatable bonds is 9. The van der Waals surface area contributed by atoms with E-state index in [0.29, 0.717) is 0 Å². The normalized spacial score (nSPS) is 12.4. The van der Waals surface area contributed by atoms with E-state index < -0.39 is 0 Å². The van der Waals surface area contributed by atoms with E-state index >= 15 is 0 Å². The molecule has 1 atom stereocenters. The molecule has 0 aliphatic carbocycles. The molecule has 0 aliphatic rings. The summed E-state index contributed by atoms with van der Waals surface area (Å²) >= 11 is 1.96. The van der Waals surface area contributed by atoms with E-state index in [1.165, 1.54) is 17.1 Å². The zero-order chi connectivity index (χ0) is 13.2. The second-order valence-corrected chi connectivity index (χ2v) is 5.95. The fourth-order valence-corrected chi connectivity index (χ4v) is 2.25. The Morgan fingerprint density at radius 2 is 2.00 bits per heavy atom. The summed E-state index contributed by atoms with van der Waals surface area (Å²) in [6.07, 6.45) is 3.20. The van der Waals surface area contributed by atoms with Crippen molar-refractivity contribution in [1.82, 2.24) is 0 Å². The van der Waals surface area contributed by atoms with Gasteiger partial charge < -0.3 is 10.5 Å². The first-order valence-corrected chi connectivity index (χ1v) is 7.93. The minimum atomic E-state index is 0.275. The number of benzene rings is 1. The first-order valence-electron chi connectivity index (χ1n) is 6.77. The van der Waals surface area contributed by atoms with Crippen LogP contribution in [0.15, 0.2) is 24.3 Å². The maximum atomic E-state index is 5.75. The molecule has 1 unspecified atom stereocenters. The molecule has 0 saturated heterocycles. The summed E-state index contributed by atoms with van der Waals surface area (Å²) in [5, 5.41) is 0. The first-order chi connectivity index (χ1) is 8.72. The van der Waals surface area contributed by atoms with Crippen molar-refractivity contribution in [2.75, 3.05) is 18.1 Å². The number of aryl methyl sites for hydroxylation is 1. The van der Waals surface area contributed by atoms with Gasteiger partial charge in [-0.15, -0.1) is 0 Å². The van der Waals surface area contributed by atoms with Crippen LogP contribution in [0, 0.1) is 0 Å². The highest BCUT2D eigenvalue weighted by molar-refractivity contribution is 7.99. The second-order valence-electron chi connectivity index (χ2n) is 4.56. The predicted molar refractivity (Wildman–Crippen MR) is 81.5 cm³/mol. The minimum Gasteiger partial charge on any atom is -0.494 e. The molecule has 1 aromatic carbocycles. The average Bonchev–Trinajstić information content (AvgIpc) is 2.37. The van der Waals surface area contributed by atoms with Crippen molar-refractivity contribution in [1.29, 1.82) is 0 Å². The van der Waals surface area contributed by atoms with E-state index in [1.807, 2.05) is 18.7 Å². The molecule has 0 spiro atoms. The van der Waals surface area contributed by atoms with Crippen molar-refractivity contribution in [3.8, 4) is 5.75 Å². The fraction of sp³-hybridized carbons (Fsp3) is 0.600. The number of thioether (sulfide) groups is 1. The van der Waals surface area contributed by atoms with Gasteiger partial charge in [0.05, 0.1) is 6.61 Å². The van der Waals surface area contributed by atoms with Crippen molar-refractivity contribution < 1.29 is 4.74 Å². The molecule has 1 aromatic rings. The van der Waals surface area contributed by atoms with Gasteiger partial charge in [-0.1, -0.05) is 19.1 Å². The highest BCUT2D eigenvalue weighted by Gasteiger charge is 1.98. The molecule has 0 fully saturated rings. The molecule has 18 heavy (non-hydrogen) atoms. The van der Waals surface area contributed by atoms with Gasteiger partial charge in [-0.2, -0.15) is 11.8 Å². The standard InChI is InChI=1S/C15H25NOS/c1-3-18-12-4-11-17-15-9-7-14(8-10-15)6-5-13(2)16/h7-10,13H,3-6,11-12,16H2,1-2H3. The van der Waals surface area contributed by atoms with Crippen LogP contribution in [0.5, 0.6) is 5.75 Å². The van der Waals surface area contributed by atoms with Gasteiger partial charge >= 0.3 is 0 Å².